The molecule has 2 aliphatic heterocycles. The van der Waals surface area contributed by atoms with E-state index in [4.69, 9.17) is 25.8 Å². The van der Waals surface area contributed by atoms with Gasteiger partial charge in [-0.3, -0.25) is 9.59 Å². The zero-order valence-electron chi connectivity index (χ0n) is 17.1. The largest absolute Gasteiger partial charge is 0.493 e. The molecule has 31 heavy (non-hydrogen) atoms. The molecule has 0 saturated carbocycles. The van der Waals surface area contributed by atoms with Crippen molar-refractivity contribution in [1.82, 2.24) is 4.90 Å². The van der Waals surface area contributed by atoms with Crippen LogP contribution in [0.3, 0.4) is 0 Å². The van der Waals surface area contributed by atoms with Crippen LogP contribution >= 0.6 is 11.6 Å². The molecule has 1 saturated heterocycles. The molecule has 2 amide bonds. The summed E-state index contributed by atoms with van der Waals surface area (Å²) in [6.07, 6.45) is 1.54. The van der Waals surface area contributed by atoms with Crippen molar-refractivity contribution in [2.75, 3.05) is 38.2 Å². The SMILES string of the molecule is O=C(Nc1cc2c(cc1Cl)OCCO2)C1CCN(C(=O)CCOc2ccccc2)CC1. The Kier molecular flexibility index (Phi) is 6.82. The van der Waals surface area contributed by atoms with Gasteiger partial charge in [0.05, 0.1) is 23.7 Å². The van der Waals surface area contributed by atoms with Crippen molar-refractivity contribution in [2.24, 2.45) is 5.92 Å². The second-order valence-corrected chi connectivity index (χ2v) is 7.94. The number of para-hydroxylation sites is 1. The van der Waals surface area contributed by atoms with Crippen LogP contribution in [-0.4, -0.2) is 49.6 Å². The Hall–Kier alpha value is -2.93. The first kappa shape index (κ1) is 21.3. The summed E-state index contributed by atoms with van der Waals surface area (Å²) in [5, 5.41) is 3.30. The van der Waals surface area contributed by atoms with Gasteiger partial charge in [-0.25, -0.2) is 0 Å². The van der Waals surface area contributed by atoms with Crippen LogP contribution in [0.15, 0.2) is 42.5 Å². The number of halogens is 1. The van der Waals surface area contributed by atoms with Crippen molar-refractivity contribution < 1.29 is 23.8 Å². The van der Waals surface area contributed by atoms with Crippen LogP contribution in [0.1, 0.15) is 19.3 Å². The lowest BCUT2D eigenvalue weighted by Gasteiger charge is -2.31. The highest BCUT2D eigenvalue weighted by atomic mass is 35.5. The third-order valence-electron chi connectivity index (χ3n) is 5.44. The van der Waals surface area contributed by atoms with E-state index < -0.39 is 0 Å². The third kappa shape index (κ3) is 5.41. The van der Waals surface area contributed by atoms with Crippen LogP contribution in [0.25, 0.3) is 0 Å². The first-order valence-electron chi connectivity index (χ1n) is 10.5. The van der Waals surface area contributed by atoms with E-state index in [0.717, 1.165) is 5.75 Å². The lowest BCUT2D eigenvalue weighted by atomic mass is 9.95. The number of anilines is 1. The van der Waals surface area contributed by atoms with Gasteiger partial charge in [-0.1, -0.05) is 29.8 Å². The number of nitrogens with zero attached hydrogens (tertiary/aromatic N) is 1. The molecule has 2 aromatic rings. The number of carbonyl (C=O) groups excluding carboxylic acids is 2. The fraction of sp³-hybridized carbons (Fsp3) is 0.391. The Bertz CT molecular complexity index is 929. The molecule has 0 spiro atoms. The van der Waals surface area contributed by atoms with Gasteiger partial charge >= 0.3 is 0 Å². The molecule has 0 aliphatic carbocycles. The van der Waals surface area contributed by atoms with Gasteiger partial charge in [-0.2, -0.15) is 0 Å². The average Bonchev–Trinajstić information content (AvgIpc) is 2.80. The van der Waals surface area contributed by atoms with Crippen molar-refractivity contribution in [1.29, 1.82) is 0 Å². The molecule has 1 N–H and O–H groups in total. The molecule has 0 unspecified atom stereocenters. The molecule has 0 atom stereocenters. The van der Waals surface area contributed by atoms with Crippen LogP contribution in [0.4, 0.5) is 5.69 Å². The van der Waals surface area contributed by atoms with E-state index >= 15 is 0 Å². The minimum absolute atomic E-state index is 0.0460. The van der Waals surface area contributed by atoms with E-state index in [-0.39, 0.29) is 17.7 Å². The molecule has 1 fully saturated rings. The molecule has 164 valence electrons. The Labute approximate surface area is 186 Å². The molecular formula is C23H25ClN2O5. The molecule has 0 bridgehead atoms. The minimum atomic E-state index is -0.172. The van der Waals surface area contributed by atoms with Gasteiger partial charge in [-0.05, 0) is 25.0 Å². The van der Waals surface area contributed by atoms with Crippen LogP contribution in [0.2, 0.25) is 5.02 Å². The predicted octanol–water partition coefficient (Wildman–Crippen LogP) is 3.76. The fourth-order valence-corrected chi connectivity index (χ4v) is 3.92. The van der Waals surface area contributed by atoms with Gasteiger partial charge in [0.25, 0.3) is 0 Å². The van der Waals surface area contributed by atoms with Crippen molar-refractivity contribution in [3.8, 4) is 17.2 Å². The zero-order chi connectivity index (χ0) is 21.6. The van der Waals surface area contributed by atoms with Crippen molar-refractivity contribution in [2.45, 2.75) is 19.3 Å². The van der Waals surface area contributed by atoms with Gasteiger partial charge in [0.1, 0.15) is 19.0 Å². The summed E-state index contributed by atoms with van der Waals surface area (Å²) in [6, 6.07) is 12.8. The topological polar surface area (TPSA) is 77.1 Å². The van der Waals surface area contributed by atoms with E-state index in [1.165, 1.54) is 0 Å². The van der Waals surface area contributed by atoms with Crippen LogP contribution in [0, 0.1) is 5.92 Å². The Morgan fingerprint density at radius 2 is 1.74 bits per heavy atom. The van der Waals surface area contributed by atoms with Crippen molar-refractivity contribution in [3.05, 3.63) is 47.5 Å². The van der Waals surface area contributed by atoms with E-state index in [0.29, 0.717) is 74.4 Å². The zero-order valence-corrected chi connectivity index (χ0v) is 17.9. The maximum Gasteiger partial charge on any atom is 0.227 e. The number of nitrogens with one attached hydrogen (secondary N) is 1. The number of hydrogen-bond acceptors (Lipinski definition) is 5. The summed E-state index contributed by atoms with van der Waals surface area (Å²) < 4.78 is 16.7. The van der Waals surface area contributed by atoms with Crippen molar-refractivity contribution in [3.63, 3.8) is 0 Å². The quantitative estimate of drug-likeness (QED) is 0.734. The number of hydrogen-bond donors (Lipinski definition) is 1. The first-order valence-corrected chi connectivity index (χ1v) is 10.8. The average molecular weight is 445 g/mol. The molecule has 0 aromatic heterocycles. The standard InChI is InChI=1S/C23H25ClN2O5/c24-18-14-20-21(31-13-12-30-20)15-19(18)25-23(28)16-6-9-26(10-7-16)22(27)8-11-29-17-4-2-1-3-5-17/h1-5,14-16H,6-13H2,(H,25,28). The molecule has 2 aliphatic rings. The molecule has 8 heteroatoms. The number of ether oxygens (including phenoxy) is 3. The Morgan fingerprint density at radius 3 is 2.45 bits per heavy atom. The normalized spacial score (nSPS) is 16.0. The van der Waals surface area contributed by atoms with Gasteiger partial charge in [0.2, 0.25) is 11.8 Å². The summed E-state index contributed by atoms with van der Waals surface area (Å²) in [6.45, 7) is 2.38. The summed E-state index contributed by atoms with van der Waals surface area (Å²) in [4.78, 5) is 27.0. The van der Waals surface area contributed by atoms with E-state index in [1.54, 1.807) is 17.0 Å². The predicted molar refractivity (Wildman–Crippen MR) is 117 cm³/mol. The van der Waals surface area contributed by atoms with Gasteiger partial charge in [-0.15, -0.1) is 0 Å². The van der Waals surface area contributed by atoms with Crippen LogP contribution in [0.5, 0.6) is 17.2 Å². The Morgan fingerprint density at radius 1 is 1.06 bits per heavy atom. The summed E-state index contributed by atoms with van der Waals surface area (Å²) >= 11 is 6.29. The monoisotopic (exact) mass is 444 g/mol. The Balaban J connectivity index is 1.24. The molecular weight excluding hydrogens is 420 g/mol. The number of likely N-dealkylation sites (tertiary alicyclic amines) is 1. The molecule has 2 heterocycles. The number of carbonyl (C=O) groups is 2. The third-order valence-corrected chi connectivity index (χ3v) is 5.75. The number of benzene rings is 2. The second kappa shape index (κ2) is 9.92. The lowest BCUT2D eigenvalue weighted by molar-refractivity contribution is -0.135. The maximum atomic E-state index is 12.7. The maximum absolute atomic E-state index is 12.7. The van der Waals surface area contributed by atoms with Gasteiger partial charge in [0, 0.05) is 31.1 Å². The second-order valence-electron chi connectivity index (χ2n) is 7.53. The van der Waals surface area contributed by atoms with Crippen LogP contribution in [-0.2, 0) is 9.59 Å². The highest BCUT2D eigenvalue weighted by Gasteiger charge is 2.28. The smallest absolute Gasteiger partial charge is 0.227 e. The fourth-order valence-electron chi connectivity index (χ4n) is 3.72. The highest BCUT2D eigenvalue weighted by molar-refractivity contribution is 6.34. The van der Waals surface area contributed by atoms with Crippen LogP contribution < -0.4 is 19.5 Å². The minimum Gasteiger partial charge on any atom is -0.493 e. The highest BCUT2D eigenvalue weighted by Crippen LogP contribution is 2.38. The summed E-state index contributed by atoms with van der Waals surface area (Å²) in [7, 11) is 0. The van der Waals surface area contributed by atoms with E-state index in [9.17, 15) is 9.59 Å². The van der Waals surface area contributed by atoms with Crippen molar-refractivity contribution >= 4 is 29.1 Å². The van der Waals surface area contributed by atoms with E-state index in [2.05, 4.69) is 5.32 Å². The van der Waals surface area contributed by atoms with Gasteiger partial charge in [0.15, 0.2) is 11.5 Å². The van der Waals surface area contributed by atoms with Gasteiger partial charge < -0.3 is 24.4 Å². The number of amides is 2. The molecule has 7 nitrogen and oxygen atoms in total. The number of piperidine rings is 1. The molecule has 4 rings (SSSR count). The first-order chi connectivity index (χ1) is 15.1. The molecule has 0 radical (unpaired) electrons. The number of fused-ring (bicyclic) bond motifs is 1. The lowest BCUT2D eigenvalue weighted by Crippen LogP contribution is -2.41. The summed E-state index contributed by atoms with van der Waals surface area (Å²) in [5.74, 6) is 1.68. The number of rotatable bonds is 6. The summed E-state index contributed by atoms with van der Waals surface area (Å²) in [5.41, 5.74) is 0.507. The van der Waals surface area contributed by atoms with E-state index in [1.807, 2.05) is 30.3 Å². The molecule has 2 aromatic carbocycles.